The van der Waals surface area contributed by atoms with Crippen LogP contribution in [-0.4, -0.2) is 91.9 Å². The zero-order chi connectivity index (χ0) is 26.6. The van der Waals surface area contributed by atoms with E-state index in [0.29, 0.717) is 30.6 Å². The summed E-state index contributed by atoms with van der Waals surface area (Å²) in [5.74, 6) is 0.503. The molecule has 1 heterocycles. The fourth-order valence-electron chi connectivity index (χ4n) is 5.18. The lowest BCUT2D eigenvalue weighted by atomic mass is 9.83. The number of rotatable bonds is 12. The van der Waals surface area contributed by atoms with Crippen LogP contribution in [0.25, 0.3) is 0 Å². The number of halogens is 1. The summed E-state index contributed by atoms with van der Waals surface area (Å²) in [6.45, 7) is 1.69. The van der Waals surface area contributed by atoms with E-state index < -0.39 is 24.4 Å². The molecule has 5 N–H and O–H groups in total. The van der Waals surface area contributed by atoms with Crippen LogP contribution < -0.4 is 16.0 Å². The average molecular weight is 541 g/mol. The van der Waals surface area contributed by atoms with Gasteiger partial charge in [0.05, 0.1) is 31.9 Å². The molecular formula is C26H41ClN4O6. The molecular weight excluding hydrogens is 500 g/mol. The molecule has 0 radical (unpaired) electrons. The highest BCUT2D eigenvalue weighted by atomic mass is 35.5. The average Bonchev–Trinajstić information content (AvgIpc) is 2.89. The van der Waals surface area contributed by atoms with Crippen LogP contribution in [0.15, 0.2) is 24.3 Å². The zero-order valence-electron chi connectivity index (χ0n) is 21.5. The molecule has 1 aliphatic heterocycles. The number of ether oxygens (including phenoxy) is 2. The Labute approximate surface area is 224 Å². The van der Waals surface area contributed by atoms with Gasteiger partial charge in [-0.15, -0.1) is 0 Å². The molecule has 10 nitrogen and oxygen atoms in total. The van der Waals surface area contributed by atoms with Crippen LogP contribution in [0.1, 0.15) is 50.2 Å². The highest BCUT2D eigenvalue weighted by Gasteiger charge is 2.34. The number of hydrogen-bond acceptors (Lipinski definition) is 6. The second-order valence-electron chi connectivity index (χ2n) is 9.85. The molecule has 2 aliphatic rings. The molecule has 4 atom stereocenters. The third kappa shape index (κ3) is 9.61. The van der Waals surface area contributed by atoms with Crippen LogP contribution in [0, 0.1) is 5.92 Å². The molecule has 1 unspecified atom stereocenters. The van der Waals surface area contributed by atoms with Crippen molar-refractivity contribution in [3.63, 3.8) is 0 Å². The molecule has 11 heteroatoms. The van der Waals surface area contributed by atoms with E-state index in [-0.39, 0.29) is 31.8 Å². The van der Waals surface area contributed by atoms with Crippen molar-refractivity contribution >= 4 is 23.7 Å². The fraction of sp³-hybridized carbons (Fsp3) is 0.692. The van der Waals surface area contributed by atoms with Crippen LogP contribution in [0.3, 0.4) is 0 Å². The highest BCUT2D eigenvalue weighted by Crippen LogP contribution is 2.30. The van der Waals surface area contributed by atoms with E-state index in [2.05, 4.69) is 16.0 Å². The van der Waals surface area contributed by atoms with Gasteiger partial charge >= 0.3 is 12.1 Å². The molecule has 3 amide bonds. The Hall–Kier alpha value is -2.11. The summed E-state index contributed by atoms with van der Waals surface area (Å²) >= 11 is 6.21. The summed E-state index contributed by atoms with van der Waals surface area (Å²) in [6.07, 6.45) is 3.86. The minimum absolute atomic E-state index is 0.121. The number of nitrogens with one attached hydrogen (secondary N) is 3. The number of carbonyl (C=O) groups is 2. The van der Waals surface area contributed by atoms with Crippen molar-refractivity contribution in [1.29, 1.82) is 0 Å². The van der Waals surface area contributed by atoms with Gasteiger partial charge in [-0.3, -0.25) is 0 Å². The van der Waals surface area contributed by atoms with E-state index in [4.69, 9.17) is 26.2 Å². The third-order valence-corrected chi connectivity index (χ3v) is 7.30. The van der Waals surface area contributed by atoms with E-state index in [1.165, 1.54) is 19.3 Å². The molecule has 0 aromatic heterocycles. The molecule has 37 heavy (non-hydrogen) atoms. The van der Waals surface area contributed by atoms with Crippen LogP contribution >= 0.6 is 11.6 Å². The van der Waals surface area contributed by atoms with Gasteiger partial charge in [-0.1, -0.05) is 55.8 Å². The van der Waals surface area contributed by atoms with Crippen LogP contribution in [0.2, 0.25) is 5.02 Å². The van der Waals surface area contributed by atoms with Gasteiger partial charge in [0.15, 0.2) is 0 Å². The standard InChI is InChI=1S/C26H41ClN4O6/c1-28-16-22(32)21(14-18-6-3-2-4-7-18)30-25(33)31-11-13-36-23(17-31)24(37-12-10-29-26(34)35)19-8-5-9-20(27)15-19/h5,8-9,15,18,21-24,28-29,32H,2-4,6-7,10-14,16-17H2,1H3,(H,30,33)(H,34,35)/t21-,22-,23+,24?/m0/s1. The number of hydrogen-bond donors (Lipinski definition) is 5. The third-order valence-electron chi connectivity index (χ3n) is 7.07. The fourth-order valence-corrected chi connectivity index (χ4v) is 5.38. The summed E-state index contributed by atoms with van der Waals surface area (Å²) < 4.78 is 12.1. The monoisotopic (exact) mass is 540 g/mol. The normalized spacial score (nSPS) is 21.2. The zero-order valence-corrected chi connectivity index (χ0v) is 22.3. The Morgan fingerprint density at radius 1 is 1.27 bits per heavy atom. The number of carboxylic acid groups (broad SMARTS) is 1. The minimum Gasteiger partial charge on any atom is -0.465 e. The lowest BCUT2D eigenvalue weighted by molar-refractivity contribution is -0.105. The number of morpholine rings is 1. The first-order valence-corrected chi connectivity index (χ1v) is 13.6. The number of benzene rings is 1. The highest BCUT2D eigenvalue weighted by molar-refractivity contribution is 6.30. The van der Waals surface area contributed by atoms with Gasteiger partial charge in [-0.05, 0) is 37.1 Å². The van der Waals surface area contributed by atoms with Crippen LogP contribution in [0.5, 0.6) is 0 Å². The van der Waals surface area contributed by atoms with E-state index in [0.717, 1.165) is 24.8 Å². The topological polar surface area (TPSA) is 132 Å². The number of aliphatic hydroxyl groups is 1. The second kappa shape index (κ2) is 15.3. The van der Waals surface area contributed by atoms with E-state index in [1.807, 2.05) is 12.1 Å². The Bertz CT molecular complexity index is 856. The quantitative estimate of drug-likeness (QED) is 0.257. The Balaban J connectivity index is 1.66. The van der Waals surface area contributed by atoms with Crippen LogP contribution in [-0.2, 0) is 9.47 Å². The number of urea groups is 1. The number of carbonyl (C=O) groups excluding carboxylic acids is 1. The molecule has 0 spiro atoms. The first kappa shape index (κ1) is 29.4. The lowest BCUT2D eigenvalue weighted by Gasteiger charge is -2.38. The lowest BCUT2D eigenvalue weighted by Crippen LogP contribution is -2.56. The summed E-state index contributed by atoms with van der Waals surface area (Å²) in [4.78, 5) is 25.8. The predicted molar refractivity (Wildman–Crippen MR) is 141 cm³/mol. The van der Waals surface area contributed by atoms with Crippen molar-refractivity contribution in [2.45, 2.75) is 62.9 Å². The maximum atomic E-state index is 13.3. The summed E-state index contributed by atoms with van der Waals surface area (Å²) in [7, 11) is 1.79. The van der Waals surface area contributed by atoms with E-state index in [9.17, 15) is 14.7 Å². The smallest absolute Gasteiger partial charge is 0.404 e. The van der Waals surface area contributed by atoms with Gasteiger partial charge in [-0.25, -0.2) is 9.59 Å². The summed E-state index contributed by atoms with van der Waals surface area (Å²) in [6, 6.07) is 6.66. The Morgan fingerprint density at radius 2 is 2.05 bits per heavy atom. The van der Waals surface area contributed by atoms with Crippen molar-refractivity contribution in [3.05, 3.63) is 34.9 Å². The van der Waals surface area contributed by atoms with E-state index >= 15 is 0 Å². The number of amides is 3. The van der Waals surface area contributed by atoms with Crippen molar-refractivity contribution in [1.82, 2.24) is 20.9 Å². The molecule has 0 bridgehead atoms. The van der Waals surface area contributed by atoms with Crippen LogP contribution in [0.4, 0.5) is 9.59 Å². The predicted octanol–water partition coefficient (Wildman–Crippen LogP) is 3.00. The maximum absolute atomic E-state index is 13.3. The molecule has 1 aliphatic carbocycles. The van der Waals surface area contributed by atoms with Gasteiger partial charge in [0.1, 0.15) is 12.2 Å². The minimum atomic E-state index is -1.12. The SMILES string of the molecule is CNC[C@H](O)[C@H](CC1CCCCC1)NC(=O)N1CCO[C@@H](C(OCCNC(=O)O)c2cccc(Cl)c2)C1. The number of aliphatic hydroxyl groups excluding tert-OH is 1. The Kier molecular flexibility index (Phi) is 12.2. The van der Waals surface area contributed by atoms with Crippen molar-refractivity contribution in [2.75, 3.05) is 46.4 Å². The molecule has 1 aromatic rings. The first-order valence-electron chi connectivity index (χ1n) is 13.2. The summed E-state index contributed by atoms with van der Waals surface area (Å²) in [5, 5.41) is 28.5. The number of nitrogens with zero attached hydrogens (tertiary/aromatic N) is 1. The van der Waals surface area contributed by atoms with Gasteiger partial charge in [0, 0.05) is 24.7 Å². The summed E-state index contributed by atoms with van der Waals surface area (Å²) in [5.41, 5.74) is 0.787. The molecule has 208 valence electrons. The maximum Gasteiger partial charge on any atom is 0.404 e. The Morgan fingerprint density at radius 3 is 2.76 bits per heavy atom. The van der Waals surface area contributed by atoms with E-state index in [1.54, 1.807) is 24.1 Å². The van der Waals surface area contributed by atoms with Gasteiger partial charge < -0.3 is 40.5 Å². The molecule has 1 saturated carbocycles. The second-order valence-corrected chi connectivity index (χ2v) is 10.3. The van der Waals surface area contributed by atoms with Gasteiger partial charge in [0.25, 0.3) is 0 Å². The van der Waals surface area contributed by atoms with Crippen molar-refractivity contribution in [2.24, 2.45) is 5.92 Å². The molecule has 2 fully saturated rings. The van der Waals surface area contributed by atoms with Gasteiger partial charge in [0.2, 0.25) is 0 Å². The number of likely N-dealkylation sites (N-methyl/N-ethyl adjacent to an activating group) is 1. The van der Waals surface area contributed by atoms with Crippen molar-refractivity contribution < 1.29 is 29.3 Å². The molecule has 1 aromatic carbocycles. The van der Waals surface area contributed by atoms with Gasteiger partial charge in [-0.2, -0.15) is 0 Å². The molecule has 1 saturated heterocycles. The van der Waals surface area contributed by atoms with Crippen molar-refractivity contribution in [3.8, 4) is 0 Å². The molecule has 3 rings (SSSR count). The largest absolute Gasteiger partial charge is 0.465 e. The first-order chi connectivity index (χ1) is 17.9.